The third kappa shape index (κ3) is 3.73. The summed E-state index contributed by atoms with van der Waals surface area (Å²) in [5.41, 5.74) is 0.956. The first-order valence-corrected chi connectivity index (χ1v) is 10.4. The molecule has 0 unspecified atom stereocenters. The number of hydrogen-bond acceptors (Lipinski definition) is 7. The summed E-state index contributed by atoms with van der Waals surface area (Å²) in [7, 11) is -2.82. The Kier molecular flexibility index (Phi) is 4.53. The van der Waals surface area contributed by atoms with E-state index in [0.29, 0.717) is 18.1 Å². The number of rotatable bonds is 4. The standard InChI is InChI=1S/C16H22N6O2S/c23-25(24)11-6-15(13-25)21-9-7-20(8-10-21)12-16-17-18-19-22(16)14-4-2-1-3-5-14/h1-5,15H,6-13H2/t15-/m1/s1. The van der Waals surface area contributed by atoms with Gasteiger partial charge >= 0.3 is 0 Å². The first kappa shape index (κ1) is 16.6. The lowest BCUT2D eigenvalue weighted by atomic mass is 10.2. The molecule has 2 saturated heterocycles. The van der Waals surface area contributed by atoms with Crippen molar-refractivity contribution in [3.8, 4) is 5.69 Å². The van der Waals surface area contributed by atoms with Gasteiger partial charge in [0.25, 0.3) is 0 Å². The van der Waals surface area contributed by atoms with Crippen molar-refractivity contribution < 1.29 is 8.42 Å². The number of aromatic nitrogens is 4. The molecule has 8 nitrogen and oxygen atoms in total. The Labute approximate surface area is 147 Å². The molecular formula is C16H22N6O2S. The summed E-state index contributed by atoms with van der Waals surface area (Å²) < 4.78 is 25.1. The molecule has 0 saturated carbocycles. The molecule has 2 aromatic rings. The van der Waals surface area contributed by atoms with Crippen molar-refractivity contribution in [1.82, 2.24) is 30.0 Å². The van der Waals surface area contributed by atoms with Crippen molar-refractivity contribution in [3.05, 3.63) is 36.2 Å². The predicted molar refractivity (Wildman–Crippen MR) is 93.1 cm³/mol. The second-order valence-electron chi connectivity index (χ2n) is 6.71. The maximum Gasteiger partial charge on any atom is 0.170 e. The monoisotopic (exact) mass is 362 g/mol. The summed E-state index contributed by atoms with van der Waals surface area (Å²) in [6, 6.07) is 10.1. The molecule has 4 rings (SSSR count). The van der Waals surface area contributed by atoms with E-state index >= 15 is 0 Å². The van der Waals surface area contributed by atoms with E-state index in [1.54, 1.807) is 4.68 Å². The molecule has 3 heterocycles. The van der Waals surface area contributed by atoms with Crippen LogP contribution >= 0.6 is 0 Å². The Balaban J connectivity index is 1.36. The summed E-state index contributed by atoms with van der Waals surface area (Å²) in [6.07, 6.45) is 0.772. The maximum absolute atomic E-state index is 11.7. The van der Waals surface area contributed by atoms with Gasteiger partial charge in [0, 0.05) is 32.2 Å². The third-order valence-electron chi connectivity index (χ3n) is 5.03. The number of hydrogen-bond donors (Lipinski definition) is 0. The first-order valence-electron chi connectivity index (χ1n) is 8.60. The Morgan fingerprint density at radius 1 is 1.08 bits per heavy atom. The summed E-state index contributed by atoms with van der Waals surface area (Å²) in [6.45, 7) is 4.29. The molecule has 0 spiro atoms. The molecule has 0 N–H and O–H groups in total. The molecule has 9 heteroatoms. The minimum atomic E-state index is -2.82. The lowest BCUT2D eigenvalue weighted by Gasteiger charge is -2.37. The van der Waals surface area contributed by atoms with Crippen LogP contribution in [0.25, 0.3) is 5.69 Å². The van der Waals surface area contributed by atoms with E-state index in [0.717, 1.165) is 44.1 Å². The van der Waals surface area contributed by atoms with Crippen molar-refractivity contribution in [1.29, 1.82) is 0 Å². The van der Waals surface area contributed by atoms with Crippen molar-refractivity contribution in [2.24, 2.45) is 0 Å². The van der Waals surface area contributed by atoms with Gasteiger partial charge in [0.1, 0.15) is 0 Å². The molecule has 25 heavy (non-hydrogen) atoms. The molecular weight excluding hydrogens is 340 g/mol. The molecule has 1 atom stereocenters. The van der Waals surface area contributed by atoms with Crippen LogP contribution in [0.2, 0.25) is 0 Å². The number of nitrogens with zero attached hydrogens (tertiary/aromatic N) is 6. The van der Waals surface area contributed by atoms with Crippen molar-refractivity contribution in [3.63, 3.8) is 0 Å². The maximum atomic E-state index is 11.7. The van der Waals surface area contributed by atoms with Crippen LogP contribution in [0.15, 0.2) is 30.3 Å². The second-order valence-corrected chi connectivity index (χ2v) is 8.94. The fourth-order valence-electron chi connectivity index (χ4n) is 3.62. The predicted octanol–water partition coefficient (Wildman–Crippen LogP) is -0.0330. The smallest absolute Gasteiger partial charge is 0.170 e. The minimum absolute atomic E-state index is 0.196. The molecule has 134 valence electrons. The molecule has 2 aliphatic rings. The van der Waals surface area contributed by atoms with Crippen LogP contribution in [0.5, 0.6) is 0 Å². The van der Waals surface area contributed by atoms with E-state index in [2.05, 4.69) is 25.3 Å². The van der Waals surface area contributed by atoms with Crippen molar-refractivity contribution in [2.75, 3.05) is 37.7 Å². The Bertz CT molecular complexity index is 814. The van der Waals surface area contributed by atoms with E-state index in [1.807, 2.05) is 30.3 Å². The molecule has 0 bridgehead atoms. The van der Waals surface area contributed by atoms with Crippen molar-refractivity contribution >= 4 is 9.84 Å². The van der Waals surface area contributed by atoms with Gasteiger partial charge in [-0.2, -0.15) is 4.68 Å². The number of benzene rings is 1. The van der Waals surface area contributed by atoms with Crippen LogP contribution in [0.3, 0.4) is 0 Å². The molecule has 0 radical (unpaired) electrons. The molecule has 1 aromatic heterocycles. The van der Waals surface area contributed by atoms with Gasteiger partial charge in [-0.1, -0.05) is 18.2 Å². The normalized spacial score (nSPS) is 24.6. The van der Waals surface area contributed by atoms with Gasteiger partial charge in [-0.05, 0) is 29.0 Å². The molecule has 1 aromatic carbocycles. The van der Waals surface area contributed by atoms with Gasteiger partial charge in [0.05, 0.1) is 23.7 Å². The van der Waals surface area contributed by atoms with Crippen LogP contribution in [0, 0.1) is 0 Å². The highest BCUT2D eigenvalue weighted by Crippen LogP contribution is 2.20. The quantitative estimate of drug-likeness (QED) is 0.755. The number of sulfone groups is 1. The lowest BCUT2D eigenvalue weighted by molar-refractivity contribution is 0.0979. The highest BCUT2D eigenvalue weighted by atomic mass is 32.2. The van der Waals surface area contributed by atoms with Gasteiger partial charge in [-0.3, -0.25) is 9.80 Å². The van der Waals surface area contributed by atoms with Gasteiger partial charge in [0.2, 0.25) is 0 Å². The molecule has 2 aliphatic heterocycles. The lowest BCUT2D eigenvalue weighted by Crippen LogP contribution is -2.50. The average Bonchev–Trinajstić information content (AvgIpc) is 3.22. The summed E-state index contributed by atoms with van der Waals surface area (Å²) >= 11 is 0. The molecule has 0 amide bonds. The largest absolute Gasteiger partial charge is 0.297 e. The zero-order valence-electron chi connectivity index (χ0n) is 14.0. The molecule has 2 fully saturated rings. The minimum Gasteiger partial charge on any atom is -0.297 e. The van der Waals surface area contributed by atoms with E-state index in [4.69, 9.17) is 0 Å². The third-order valence-corrected chi connectivity index (χ3v) is 6.78. The highest BCUT2D eigenvalue weighted by Gasteiger charge is 2.33. The number of piperazine rings is 1. The zero-order chi connectivity index (χ0) is 17.3. The fraction of sp³-hybridized carbons (Fsp3) is 0.562. The van der Waals surface area contributed by atoms with Gasteiger partial charge in [0.15, 0.2) is 15.7 Å². The average molecular weight is 362 g/mol. The van der Waals surface area contributed by atoms with E-state index in [1.165, 1.54) is 0 Å². The zero-order valence-corrected chi connectivity index (χ0v) is 14.8. The first-order chi connectivity index (χ1) is 12.1. The van der Waals surface area contributed by atoms with Crippen LogP contribution in [-0.2, 0) is 16.4 Å². The van der Waals surface area contributed by atoms with Crippen LogP contribution in [0.4, 0.5) is 0 Å². The van der Waals surface area contributed by atoms with Crippen LogP contribution < -0.4 is 0 Å². The molecule has 0 aliphatic carbocycles. The fourth-order valence-corrected chi connectivity index (χ4v) is 5.39. The van der Waals surface area contributed by atoms with Gasteiger partial charge in [-0.25, -0.2) is 8.42 Å². The van der Waals surface area contributed by atoms with Gasteiger partial charge in [-0.15, -0.1) is 5.10 Å². The topological polar surface area (TPSA) is 84.2 Å². The summed E-state index contributed by atoms with van der Waals surface area (Å²) in [5, 5.41) is 12.1. The second kappa shape index (κ2) is 6.81. The number of para-hydroxylation sites is 1. The van der Waals surface area contributed by atoms with E-state index < -0.39 is 9.84 Å². The van der Waals surface area contributed by atoms with Gasteiger partial charge < -0.3 is 0 Å². The van der Waals surface area contributed by atoms with Crippen molar-refractivity contribution in [2.45, 2.75) is 19.0 Å². The Morgan fingerprint density at radius 2 is 1.84 bits per heavy atom. The van der Waals surface area contributed by atoms with E-state index in [-0.39, 0.29) is 6.04 Å². The Morgan fingerprint density at radius 3 is 2.52 bits per heavy atom. The SMILES string of the molecule is O=S1(=O)CC[C@@H](N2CCN(Cc3nnnn3-c3ccccc3)CC2)C1. The summed E-state index contributed by atoms with van der Waals surface area (Å²) in [4.78, 5) is 4.65. The summed E-state index contributed by atoms with van der Waals surface area (Å²) in [5.74, 6) is 1.48. The Hall–Kier alpha value is -1.84. The number of tetrazole rings is 1. The van der Waals surface area contributed by atoms with Crippen LogP contribution in [-0.4, -0.2) is 82.2 Å². The van der Waals surface area contributed by atoms with Crippen LogP contribution in [0.1, 0.15) is 12.2 Å². The van der Waals surface area contributed by atoms with E-state index in [9.17, 15) is 8.42 Å². The highest BCUT2D eigenvalue weighted by molar-refractivity contribution is 7.91.